The molecule has 0 saturated carbocycles. The number of nitrogens with zero attached hydrogens (tertiary/aromatic N) is 3. The van der Waals surface area contributed by atoms with E-state index in [1.165, 1.54) is 6.42 Å². The lowest BCUT2D eigenvalue weighted by Crippen LogP contribution is -2.54. The number of ether oxygens (including phenoxy) is 1. The van der Waals surface area contributed by atoms with Gasteiger partial charge >= 0.3 is 12.0 Å². The molecule has 3 aliphatic rings. The Labute approximate surface area is 124 Å². The van der Waals surface area contributed by atoms with Crippen molar-refractivity contribution in [1.29, 1.82) is 0 Å². The van der Waals surface area contributed by atoms with E-state index in [1.807, 2.05) is 4.90 Å². The van der Waals surface area contributed by atoms with Crippen LogP contribution in [0.3, 0.4) is 0 Å². The molecule has 3 aliphatic heterocycles. The first kappa shape index (κ1) is 14.6. The zero-order valence-electron chi connectivity index (χ0n) is 12.2. The van der Waals surface area contributed by atoms with Crippen LogP contribution in [-0.4, -0.2) is 89.8 Å². The normalized spacial score (nSPS) is 30.9. The van der Waals surface area contributed by atoms with Crippen LogP contribution in [0.4, 0.5) is 4.79 Å². The van der Waals surface area contributed by atoms with Crippen LogP contribution in [0.25, 0.3) is 0 Å². The Hall–Kier alpha value is -1.34. The van der Waals surface area contributed by atoms with Crippen molar-refractivity contribution >= 4 is 12.0 Å². The summed E-state index contributed by atoms with van der Waals surface area (Å²) in [6.07, 6.45) is 2.47. The average molecular weight is 297 g/mol. The quantitative estimate of drug-likeness (QED) is 0.741. The molecule has 3 rings (SSSR count). The van der Waals surface area contributed by atoms with Crippen molar-refractivity contribution in [2.75, 3.05) is 45.9 Å². The summed E-state index contributed by atoms with van der Waals surface area (Å²) in [5, 5.41) is 9.03. The lowest BCUT2D eigenvalue weighted by molar-refractivity contribution is -0.154. The predicted octanol–water partition coefficient (Wildman–Crippen LogP) is 0.0619. The van der Waals surface area contributed by atoms with Crippen LogP contribution in [0, 0.1) is 0 Å². The Morgan fingerprint density at radius 3 is 2.57 bits per heavy atom. The third-order valence-corrected chi connectivity index (χ3v) is 4.69. The molecule has 0 bridgehead atoms. The Kier molecular flexibility index (Phi) is 4.30. The highest BCUT2D eigenvalue weighted by Gasteiger charge is 2.35. The number of hydrogen-bond donors (Lipinski definition) is 1. The van der Waals surface area contributed by atoms with Crippen molar-refractivity contribution in [3.05, 3.63) is 0 Å². The van der Waals surface area contributed by atoms with Gasteiger partial charge in [-0.15, -0.1) is 0 Å². The fourth-order valence-corrected chi connectivity index (χ4v) is 3.55. The zero-order chi connectivity index (χ0) is 14.8. The minimum Gasteiger partial charge on any atom is -0.479 e. The summed E-state index contributed by atoms with van der Waals surface area (Å²) < 4.78 is 5.18. The van der Waals surface area contributed by atoms with Crippen molar-refractivity contribution in [3.8, 4) is 0 Å². The molecule has 3 fully saturated rings. The summed E-state index contributed by atoms with van der Waals surface area (Å²) in [5.74, 6) is -0.995. The molecule has 7 nitrogen and oxygen atoms in total. The zero-order valence-corrected chi connectivity index (χ0v) is 12.2. The number of carbonyl (C=O) groups excluding carboxylic acids is 1. The van der Waals surface area contributed by atoms with E-state index in [4.69, 9.17) is 9.84 Å². The number of hydrogen-bond acceptors (Lipinski definition) is 4. The third-order valence-electron chi connectivity index (χ3n) is 4.69. The van der Waals surface area contributed by atoms with Crippen molar-refractivity contribution in [3.63, 3.8) is 0 Å². The van der Waals surface area contributed by atoms with Crippen molar-refractivity contribution < 1.29 is 19.4 Å². The molecule has 0 aromatic carbocycles. The second-order valence-corrected chi connectivity index (χ2v) is 6.06. The molecular formula is C14H23N3O4. The van der Waals surface area contributed by atoms with E-state index in [9.17, 15) is 9.59 Å². The standard InChI is InChI=1S/C14H23N3O4/c18-13(19)12-10-17(7-8-21-12)14(20)16-6-2-5-15-4-1-3-11(15)9-16/h11-12H,1-10H2,(H,18,19). The summed E-state index contributed by atoms with van der Waals surface area (Å²) in [7, 11) is 0. The van der Waals surface area contributed by atoms with Crippen LogP contribution in [0.5, 0.6) is 0 Å². The van der Waals surface area contributed by atoms with Gasteiger partial charge in [-0.25, -0.2) is 9.59 Å². The molecule has 1 N–H and O–H groups in total. The second-order valence-electron chi connectivity index (χ2n) is 6.06. The van der Waals surface area contributed by atoms with Gasteiger partial charge in [0, 0.05) is 32.2 Å². The van der Waals surface area contributed by atoms with Crippen LogP contribution in [-0.2, 0) is 9.53 Å². The molecule has 0 radical (unpaired) electrons. The van der Waals surface area contributed by atoms with Gasteiger partial charge in [-0.05, 0) is 25.8 Å². The fraction of sp³-hybridized carbons (Fsp3) is 0.857. The molecule has 2 unspecified atom stereocenters. The highest BCUT2D eigenvalue weighted by molar-refractivity contribution is 5.77. The largest absolute Gasteiger partial charge is 0.479 e. The fourth-order valence-electron chi connectivity index (χ4n) is 3.55. The van der Waals surface area contributed by atoms with Crippen LogP contribution in [0.1, 0.15) is 19.3 Å². The molecule has 0 aromatic rings. The minimum atomic E-state index is -0.995. The number of carbonyl (C=O) groups is 2. The van der Waals surface area contributed by atoms with E-state index in [1.54, 1.807) is 4.90 Å². The molecule has 3 heterocycles. The first-order valence-electron chi connectivity index (χ1n) is 7.77. The summed E-state index contributed by atoms with van der Waals surface area (Å²) in [5.41, 5.74) is 0. The number of amides is 2. The van der Waals surface area contributed by atoms with E-state index in [2.05, 4.69) is 4.90 Å². The molecular weight excluding hydrogens is 274 g/mol. The number of urea groups is 1. The van der Waals surface area contributed by atoms with E-state index >= 15 is 0 Å². The van der Waals surface area contributed by atoms with Crippen LogP contribution < -0.4 is 0 Å². The van der Waals surface area contributed by atoms with Gasteiger partial charge in [0.25, 0.3) is 0 Å². The van der Waals surface area contributed by atoms with Gasteiger partial charge in [0.2, 0.25) is 0 Å². The van der Waals surface area contributed by atoms with Gasteiger partial charge < -0.3 is 19.6 Å². The highest BCUT2D eigenvalue weighted by atomic mass is 16.5. The number of rotatable bonds is 1. The summed E-state index contributed by atoms with van der Waals surface area (Å²) in [6, 6.07) is 0.450. The van der Waals surface area contributed by atoms with E-state index < -0.39 is 12.1 Å². The summed E-state index contributed by atoms with van der Waals surface area (Å²) in [4.78, 5) is 29.7. The number of morpholine rings is 1. The first-order chi connectivity index (χ1) is 10.1. The SMILES string of the molecule is O=C(O)C1CN(C(=O)N2CCCN3CCCC3C2)CCO1. The summed E-state index contributed by atoms with van der Waals surface area (Å²) in [6.45, 7) is 4.67. The van der Waals surface area contributed by atoms with E-state index in [0.717, 1.165) is 39.0 Å². The Balaban J connectivity index is 1.62. The van der Waals surface area contributed by atoms with Crippen LogP contribution in [0.15, 0.2) is 0 Å². The number of fused-ring (bicyclic) bond motifs is 1. The predicted molar refractivity (Wildman–Crippen MR) is 75.1 cm³/mol. The molecule has 0 aliphatic carbocycles. The second kappa shape index (κ2) is 6.19. The number of carboxylic acid groups (broad SMARTS) is 1. The van der Waals surface area contributed by atoms with Crippen molar-refractivity contribution in [1.82, 2.24) is 14.7 Å². The van der Waals surface area contributed by atoms with Gasteiger partial charge in [-0.2, -0.15) is 0 Å². The minimum absolute atomic E-state index is 0.0294. The lowest BCUT2D eigenvalue weighted by atomic mass is 10.2. The highest BCUT2D eigenvalue weighted by Crippen LogP contribution is 2.22. The first-order valence-corrected chi connectivity index (χ1v) is 7.77. The molecule has 2 amide bonds. The monoisotopic (exact) mass is 297 g/mol. The van der Waals surface area contributed by atoms with Gasteiger partial charge in [0.1, 0.15) is 0 Å². The molecule has 2 atom stereocenters. The van der Waals surface area contributed by atoms with Gasteiger partial charge in [-0.3, -0.25) is 4.90 Å². The lowest BCUT2D eigenvalue weighted by Gasteiger charge is -2.35. The van der Waals surface area contributed by atoms with Gasteiger partial charge in [0.15, 0.2) is 6.10 Å². The maximum absolute atomic E-state index is 12.6. The molecule has 0 spiro atoms. The molecule has 21 heavy (non-hydrogen) atoms. The molecule has 3 saturated heterocycles. The van der Waals surface area contributed by atoms with Crippen molar-refractivity contribution in [2.45, 2.75) is 31.4 Å². The Morgan fingerprint density at radius 1 is 1.00 bits per heavy atom. The number of aliphatic carboxylic acids is 1. The van der Waals surface area contributed by atoms with Crippen LogP contribution in [0.2, 0.25) is 0 Å². The van der Waals surface area contributed by atoms with Crippen molar-refractivity contribution in [2.24, 2.45) is 0 Å². The Bertz CT molecular complexity index is 417. The maximum atomic E-state index is 12.6. The third kappa shape index (κ3) is 3.13. The van der Waals surface area contributed by atoms with Gasteiger partial charge in [-0.1, -0.05) is 0 Å². The smallest absolute Gasteiger partial charge is 0.334 e. The molecule has 118 valence electrons. The molecule has 7 heteroatoms. The van der Waals surface area contributed by atoms with E-state index in [0.29, 0.717) is 19.2 Å². The van der Waals surface area contributed by atoms with Crippen LogP contribution >= 0.6 is 0 Å². The average Bonchev–Trinajstić information content (AvgIpc) is 2.83. The maximum Gasteiger partial charge on any atom is 0.334 e. The number of carboxylic acids is 1. The topological polar surface area (TPSA) is 73.3 Å². The molecule has 0 aromatic heterocycles. The van der Waals surface area contributed by atoms with E-state index in [-0.39, 0.29) is 12.6 Å². The summed E-state index contributed by atoms with van der Waals surface area (Å²) >= 11 is 0. The Morgan fingerprint density at radius 2 is 1.76 bits per heavy atom. The van der Waals surface area contributed by atoms with Gasteiger partial charge in [0.05, 0.1) is 13.2 Å².